The van der Waals surface area contributed by atoms with E-state index in [1.54, 1.807) is 0 Å². The second-order valence-corrected chi connectivity index (χ2v) is 7.74. The van der Waals surface area contributed by atoms with Crippen LogP contribution in [0.2, 0.25) is 0 Å². The Hall–Kier alpha value is -0.950. The molecule has 0 amide bonds. The van der Waals surface area contributed by atoms with E-state index in [0.29, 0.717) is 12.2 Å². The Morgan fingerprint density at radius 3 is 2.68 bits per heavy atom. The molecule has 1 fully saturated rings. The van der Waals surface area contributed by atoms with Crippen LogP contribution in [0.4, 0.5) is 0 Å². The molecule has 1 aromatic heterocycles. The minimum absolute atomic E-state index is 0.00120. The van der Waals surface area contributed by atoms with Crippen LogP contribution < -0.4 is 0 Å². The normalized spacial score (nSPS) is 29.9. The Morgan fingerprint density at radius 2 is 1.95 bits per heavy atom. The topological polar surface area (TPSA) is 85.1 Å². The molecule has 0 aliphatic carbocycles. The molecular formula is C12H19N3O3S. The fourth-order valence-corrected chi connectivity index (χ4v) is 5.05. The largest absolute Gasteiger partial charge is 0.396 e. The summed E-state index contributed by atoms with van der Waals surface area (Å²) in [5, 5.41) is 17.1. The SMILES string of the molecule is O=S1(=O)CCCCC1c1nnc2n1CCCC2CO. The zero-order chi connectivity index (χ0) is 13.5. The summed E-state index contributed by atoms with van der Waals surface area (Å²) in [6.07, 6.45) is 4.15. The van der Waals surface area contributed by atoms with Crippen LogP contribution in [0.15, 0.2) is 0 Å². The minimum atomic E-state index is -3.09. The molecule has 2 aliphatic heterocycles. The smallest absolute Gasteiger partial charge is 0.160 e. The third-order valence-electron chi connectivity index (χ3n) is 4.19. The summed E-state index contributed by atoms with van der Waals surface area (Å²) >= 11 is 0. The summed E-state index contributed by atoms with van der Waals surface area (Å²) in [4.78, 5) is 0. The van der Waals surface area contributed by atoms with Gasteiger partial charge in [-0.3, -0.25) is 0 Å². The first-order valence-electron chi connectivity index (χ1n) is 6.89. The Bertz CT molecular complexity index is 567. The quantitative estimate of drug-likeness (QED) is 0.868. The molecule has 0 radical (unpaired) electrons. The van der Waals surface area contributed by atoms with E-state index < -0.39 is 15.1 Å². The highest BCUT2D eigenvalue weighted by atomic mass is 32.2. The van der Waals surface area contributed by atoms with Crippen molar-refractivity contribution in [3.8, 4) is 0 Å². The molecule has 2 aliphatic rings. The second kappa shape index (κ2) is 4.86. The molecule has 106 valence electrons. The van der Waals surface area contributed by atoms with Gasteiger partial charge in [0, 0.05) is 12.5 Å². The van der Waals surface area contributed by atoms with E-state index in [9.17, 15) is 13.5 Å². The van der Waals surface area contributed by atoms with Gasteiger partial charge in [0.25, 0.3) is 0 Å². The number of hydrogen-bond donors (Lipinski definition) is 1. The number of sulfone groups is 1. The van der Waals surface area contributed by atoms with Crippen molar-refractivity contribution in [1.29, 1.82) is 0 Å². The van der Waals surface area contributed by atoms with E-state index in [-0.39, 0.29) is 18.3 Å². The third kappa shape index (κ3) is 2.18. The van der Waals surface area contributed by atoms with Crippen molar-refractivity contribution in [3.63, 3.8) is 0 Å². The van der Waals surface area contributed by atoms with Crippen molar-refractivity contribution in [1.82, 2.24) is 14.8 Å². The van der Waals surface area contributed by atoms with Gasteiger partial charge in [-0.05, 0) is 25.7 Å². The summed E-state index contributed by atoms with van der Waals surface area (Å²) in [5.41, 5.74) is 0. The molecule has 0 saturated carbocycles. The molecule has 1 saturated heterocycles. The Morgan fingerprint density at radius 1 is 1.16 bits per heavy atom. The number of fused-ring (bicyclic) bond motifs is 1. The molecular weight excluding hydrogens is 266 g/mol. The van der Waals surface area contributed by atoms with Gasteiger partial charge >= 0.3 is 0 Å². The fraction of sp³-hybridized carbons (Fsp3) is 0.833. The Balaban J connectivity index is 2.00. The standard InChI is InChI=1S/C12H19N3O3S/c16-8-9-4-3-6-15-11(9)13-14-12(15)10-5-1-2-7-19(10,17)18/h9-10,16H,1-8H2. The number of aliphatic hydroxyl groups is 1. The Kier molecular flexibility index (Phi) is 3.34. The van der Waals surface area contributed by atoms with E-state index in [1.165, 1.54) is 0 Å². The van der Waals surface area contributed by atoms with Gasteiger partial charge in [0.15, 0.2) is 15.7 Å². The Labute approximate surface area is 112 Å². The van der Waals surface area contributed by atoms with Crippen LogP contribution in [0, 0.1) is 0 Å². The van der Waals surface area contributed by atoms with Crippen LogP contribution in [0.25, 0.3) is 0 Å². The number of aromatic nitrogens is 3. The van der Waals surface area contributed by atoms with Crippen molar-refractivity contribution < 1.29 is 13.5 Å². The molecule has 2 atom stereocenters. The molecule has 3 rings (SSSR count). The van der Waals surface area contributed by atoms with Gasteiger partial charge < -0.3 is 9.67 Å². The zero-order valence-electron chi connectivity index (χ0n) is 10.8. The van der Waals surface area contributed by atoms with E-state index >= 15 is 0 Å². The first-order valence-corrected chi connectivity index (χ1v) is 8.60. The summed E-state index contributed by atoms with van der Waals surface area (Å²) in [6.45, 7) is 0.815. The molecule has 19 heavy (non-hydrogen) atoms. The third-order valence-corrected chi connectivity index (χ3v) is 6.37. The maximum absolute atomic E-state index is 12.2. The lowest BCUT2D eigenvalue weighted by atomic mass is 10.00. The summed E-state index contributed by atoms with van der Waals surface area (Å²) in [6, 6.07) is 0. The number of nitrogens with zero attached hydrogens (tertiary/aromatic N) is 3. The maximum atomic E-state index is 12.2. The van der Waals surface area contributed by atoms with Crippen LogP contribution in [0.5, 0.6) is 0 Å². The highest BCUT2D eigenvalue weighted by Crippen LogP contribution is 2.35. The number of hydrogen-bond acceptors (Lipinski definition) is 5. The van der Waals surface area contributed by atoms with E-state index in [4.69, 9.17) is 0 Å². The average molecular weight is 285 g/mol. The molecule has 1 aromatic rings. The van der Waals surface area contributed by atoms with Crippen molar-refractivity contribution in [2.24, 2.45) is 0 Å². The fourth-order valence-electron chi connectivity index (χ4n) is 3.14. The summed E-state index contributed by atoms with van der Waals surface area (Å²) in [5.74, 6) is 1.60. The van der Waals surface area contributed by atoms with Gasteiger partial charge in [-0.15, -0.1) is 10.2 Å². The van der Waals surface area contributed by atoms with Gasteiger partial charge in [-0.1, -0.05) is 6.42 Å². The number of rotatable bonds is 2. The highest BCUT2D eigenvalue weighted by molar-refractivity contribution is 7.91. The minimum Gasteiger partial charge on any atom is -0.396 e. The molecule has 3 heterocycles. The lowest BCUT2D eigenvalue weighted by molar-refractivity contribution is 0.237. The van der Waals surface area contributed by atoms with Crippen LogP contribution in [-0.2, 0) is 16.4 Å². The molecule has 7 heteroatoms. The van der Waals surface area contributed by atoms with E-state index in [1.807, 2.05) is 4.57 Å². The van der Waals surface area contributed by atoms with Gasteiger partial charge in [0.1, 0.15) is 11.1 Å². The summed E-state index contributed by atoms with van der Waals surface area (Å²) in [7, 11) is -3.09. The van der Waals surface area contributed by atoms with Gasteiger partial charge in [-0.2, -0.15) is 0 Å². The first-order chi connectivity index (χ1) is 9.13. The first kappa shape index (κ1) is 13.1. The summed E-state index contributed by atoms with van der Waals surface area (Å²) < 4.78 is 26.3. The maximum Gasteiger partial charge on any atom is 0.160 e. The van der Waals surface area contributed by atoms with Crippen LogP contribution in [-0.4, -0.2) is 40.6 Å². The van der Waals surface area contributed by atoms with Crippen LogP contribution in [0.1, 0.15) is 54.9 Å². The molecule has 6 nitrogen and oxygen atoms in total. The van der Waals surface area contributed by atoms with Crippen molar-refractivity contribution >= 4 is 9.84 Å². The molecule has 0 aromatic carbocycles. The molecule has 0 spiro atoms. The van der Waals surface area contributed by atoms with Gasteiger partial charge in [-0.25, -0.2) is 8.42 Å². The van der Waals surface area contributed by atoms with E-state index in [0.717, 1.165) is 38.1 Å². The second-order valence-electron chi connectivity index (χ2n) is 5.44. The molecule has 1 N–H and O–H groups in total. The molecule has 0 bridgehead atoms. The lowest BCUT2D eigenvalue weighted by Crippen LogP contribution is -2.27. The van der Waals surface area contributed by atoms with Gasteiger partial charge in [0.2, 0.25) is 0 Å². The van der Waals surface area contributed by atoms with Crippen LogP contribution in [0.3, 0.4) is 0 Å². The zero-order valence-corrected chi connectivity index (χ0v) is 11.6. The predicted octanol–water partition coefficient (Wildman–Crippen LogP) is 0.788. The van der Waals surface area contributed by atoms with Crippen molar-refractivity contribution in [2.75, 3.05) is 12.4 Å². The molecule has 2 unspecified atom stereocenters. The monoisotopic (exact) mass is 285 g/mol. The van der Waals surface area contributed by atoms with Crippen LogP contribution >= 0.6 is 0 Å². The average Bonchev–Trinajstić information content (AvgIpc) is 2.82. The van der Waals surface area contributed by atoms with E-state index in [2.05, 4.69) is 10.2 Å². The van der Waals surface area contributed by atoms with Gasteiger partial charge in [0.05, 0.1) is 12.4 Å². The van der Waals surface area contributed by atoms with Crippen molar-refractivity contribution in [3.05, 3.63) is 11.6 Å². The number of aliphatic hydroxyl groups excluding tert-OH is 1. The predicted molar refractivity (Wildman–Crippen MR) is 69.5 cm³/mol. The lowest BCUT2D eigenvalue weighted by Gasteiger charge is -2.26. The highest BCUT2D eigenvalue weighted by Gasteiger charge is 2.36. The van der Waals surface area contributed by atoms with Crippen molar-refractivity contribution in [2.45, 2.75) is 49.8 Å².